The Hall–Kier alpha value is -4.47. The molecule has 2 heterocycles. The van der Waals surface area contributed by atoms with Crippen molar-refractivity contribution in [2.75, 3.05) is 13.1 Å². The molecule has 0 bridgehead atoms. The molecule has 212 valence electrons. The van der Waals surface area contributed by atoms with Gasteiger partial charge in [0.2, 0.25) is 5.91 Å². The zero-order chi connectivity index (χ0) is 28.7. The maximum atomic E-state index is 12.4. The molecule has 0 saturated heterocycles. The minimum atomic E-state index is -0.557. The van der Waals surface area contributed by atoms with Crippen LogP contribution in [-0.2, 0) is 27.2 Å². The van der Waals surface area contributed by atoms with Crippen LogP contribution < -0.4 is 15.4 Å². The molecule has 0 saturated carbocycles. The highest BCUT2D eigenvalue weighted by Crippen LogP contribution is 2.25. The zero-order valence-electron chi connectivity index (χ0n) is 23.1. The number of nitrogens with one attached hydrogen (secondary N) is 4. The predicted octanol–water partition coefficient (Wildman–Crippen LogP) is 4.86. The third kappa shape index (κ3) is 8.02. The lowest BCUT2D eigenvalue weighted by molar-refractivity contribution is -0.134. The number of carbonyl (C=O) groups excluding carboxylic acids is 3. The zero-order valence-corrected chi connectivity index (χ0v) is 23.1. The van der Waals surface area contributed by atoms with Crippen LogP contribution >= 0.6 is 0 Å². The highest BCUT2D eigenvalue weighted by Gasteiger charge is 2.16. The Morgan fingerprint density at radius 3 is 2.15 bits per heavy atom. The lowest BCUT2D eigenvalue weighted by Gasteiger charge is -2.19. The van der Waals surface area contributed by atoms with Crippen molar-refractivity contribution in [1.82, 2.24) is 20.6 Å². The van der Waals surface area contributed by atoms with Crippen LogP contribution in [0.5, 0.6) is 11.5 Å². The number of aromatic nitrogens is 2. The minimum absolute atomic E-state index is 0.118. The fourth-order valence-electron chi connectivity index (χ4n) is 4.42. The third-order valence-electron chi connectivity index (χ3n) is 6.29. The molecule has 40 heavy (non-hydrogen) atoms. The molecule has 4 rings (SSSR count). The van der Waals surface area contributed by atoms with E-state index < -0.39 is 17.7 Å². The number of phenols is 1. The van der Waals surface area contributed by atoms with Gasteiger partial charge in [-0.25, -0.2) is 4.79 Å². The number of aromatic amines is 2. The number of aromatic hydroxyl groups is 1. The Morgan fingerprint density at radius 2 is 1.48 bits per heavy atom. The second-order valence-electron chi connectivity index (χ2n) is 10.7. The number of carbonyl (C=O) groups is 3. The highest BCUT2D eigenvalue weighted by molar-refractivity contribution is 5.86. The van der Waals surface area contributed by atoms with Crippen molar-refractivity contribution in [2.24, 2.45) is 0 Å². The highest BCUT2D eigenvalue weighted by atomic mass is 16.6. The summed E-state index contributed by atoms with van der Waals surface area (Å²) in [5.74, 6) is 0.0845. The smallest absolute Gasteiger partial charge is 0.407 e. The van der Waals surface area contributed by atoms with Gasteiger partial charge < -0.3 is 35.2 Å². The van der Waals surface area contributed by atoms with Gasteiger partial charge in [0.1, 0.15) is 17.1 Å². The Balaban J connectivity index is 1.18. The van der Waals surface area contributed by atoms with Crippen molar-refractivity contribution in [2.45, 2.75) is 58.5 Å². The molecule has 0 unspecified atom stereocenters. The lowest BCUT2D eigenvalue weighted by Crippen LogP contribution is -2.33. The normalized spacial score (nSPS) is 11.5. The molecular formula is C30H36N4O6. The number of hydrogen-bond acceptors (Lipinski definition) is 6. The summed E-state index contributed by atoms with van der Waals surface area (Å²) in [6.45, 7) is 6.29. The number of ether oxygens (including phenoxy) is 2. The van der Waals surface area contributed by atoms with Crippen molar-refractivity contribution in [3.63, 3.8) is 0 Å². The van der Waals surface area contributed by atoms with Gasteiger partial charge in [-0.2, -0.15) is 0 Å². The maximum absolute atomic E-state index is 12.4. The SMILES string of the molecule is CC(C)(C)OC(=O)NCCc1c[nH]c2ccc(OC(=O)CCCC(=O)NCCc3c[nH]c4ccc(O)cc34)cc12. The Labute approximate surface area is 232 Å². The molecule has 4 aromatic rings. The molecule has 2 aromatic carbocycles. The number of phenolic OH excluding ortho intramolecular Hbond substituents is 1. The average molecular weight is 549 g/mol. The first-order valence-corrected chi connectivity index (χ1v) is 13.4. The summed E-state index contributed by atoms with van der Waals surface area (Å²) in [5.41, 5.74) is 3.26. The van der Waals surface area contributed by atoms with Crippen LogP contribution in [0.3, 0.4) is 0 Å². The van der Waals surface area contributed by atoms with Gasteiger partial charge in [-0.05, 0) is 87.6 Å². The number of hydrogen-bond donors (Lipinski definition) is 5. The van der Waals surface area contributed by atoms with E-state index in [2.05, 4.69) is 20.6 Å². The largest absolute Gasteiger partial charge is 0.508 e. The van der Waals surface area contributed by atoms with Gasteiger partial charge in [0.15, 0.2) is 0 Å². The van der Waals surface area contributed by atoms with Crippen LogP contribution in [0.15, 0.2) is 48.8 Å². The number of rotatable bonds is 11. The molecule has 0 fully saturated rings. The van der Waals surface area contributed by atoms with Gasteiger partial charge in [-0.1, -0.05) is 0 Å². The molecule has 2 amide bonds. The number of esters is 1. The number of H-pyrrole nitrogens is 2. The van der Waals surface area contributed by atoms with Gasteiger partial charge >= 0.3 is 12.1 Å². The fraction of sp³-hybridized carbons (Fsp3) is 0.367. The molecule has 5 N–H and O–H groups in total. The van der Waals surface area contributed by atoms with E-state index in [-0.39, 0.29) is 24.5 Å². The molecule has 2 aromatic heterocycles. The Kier molecular flexibility index (Phi) is 8.98. The van der Waals surface area contributed by atoms with Gasteiger partial charge in [0.25, 0.3) is 0 Å². The van der Waals surface area contributed by atoms with Crippen molar-refractivity contribution in [3.8, 4) is 11.5 Å². The van der Waals surface area contributed by atoms with E-state index in [1.165, 1.54) is 0 Å². The Bertz CT molecular complexity index is 1500. The van der Waals surface area contributed by atoms with E-state index in [1.807, 2.05) is 45.3 Å². The number of alkyl carbamates (subject to hydrolysis) is 1. The fourth-order valence-corrected chi connectivity index (χ4v) is 4.42. The quantitative estimate of drug-likeness (QED) is 0.134. The second-order valence-corrected chi connectivity index (χ2v) is 10.7. The summed E-state index contributed by atoms with van der Waals surface area (Å²) in [5, 5.41) is 17.2. The average Bonchev–Trinajstić information content (AvgIpc) is 3.46. The van der Waals surface area contributed by atoms with Gasteiger partial charge in [0.05, 0.1) is 0 Å². The van der Waals surface area contributed by atoms with Gasteiger partial charge in [0, 0.05) is 60.1 Å². The first-order chi connectivity index (χ1) is 19.1. The van der Waals surface area contributed by atoms with E-state index in [0.717, 1.165) is 32.9 Å². The van der Waals surface area contributed by atoms with Crippen LogP contribution in [0.1, 0.15) is 51.2 Å². The van der Waals surface area contributed by atoms with Crippen molar-refractivity contribution >= 4 is 39.8 Å². The van der Waals surface area contributed by atoms with Gasteiger partial charge in [-0.3, -0.25) is 9.59 Å². The third-order valence-corrected chi connectivity index (χ3v) is 6.29. The van der Waals surface area contributed by atoms with Crippen molar-refractivity contribution < 1.29 is 29.0 Å². The summed E-state index contributed by atoms with van der Waals surface area (Å²) >= 11 is 0. The Morgan fingerprint density at radius 1 is 0.850 bits per heavy atom. The first-order valence-electron chi connectivity index (χ1n) is 13.4. The standard InChI is InChI=1S/C30H36N4O6/c1-30(2,3)40-29(38)32-14-12-20-18-34-26-10-8-22(16-24(20)26)39-28(37)6-4-5-27(36)31-13-11-19-17-33-25-9-7-21(35)15-23(19)25/h7-10,15-18,33-35H,4-6,11-14H2,1-3H3,(H,31,36)(H,32,38). The molecule has 0 radical (unpaired) electrons. The minimum Gasteiger partial charge on any atom is -0.508 e. The molecule has 0 aliphatic heterocycles. The number of benzene rings is 2. The van der Waals surface area contributed by atoms with Crippen LogP contribution in [-0.4, -0.2) is 51.7 Å². The molecule has 0 atom stereocenters. The molecule has 0 spiro atoms. The summed E-state index contributed by atoms with van der Waals surface area (Å²) in [4.78, 5) is 42.8. The monoisotopic (exact) mass is 548 g/mol. The van der Waals surface area contributed by atoms with E-state index in [0.29, 0.717) is 38.1 Å². The van der Waals surface area contributed by atoms with Gasteiger partial charge in [-0.15, -0.1) is 0 Å². The summed E-state index contributed by atoms with van der Waals surface area (Å²) < 4.78 is 10.8. The van der Waals surface area contributed by atoms with Crippen LogP contribution in [0, 0.1) is 0 Å². The van der Waals surface area contributed by atoms with E-state index >= 15 is 0 Å². The number of amides is 2. The molecule has 10 heteroatoms. The predicted molar refractivity (Wildman–Crippen MR) is 152 cm³/mol. The van der Waals surface area contributed by atoms with Crippen LogP contribution in [0.4, 0.5) is 4.79 Å². The number of fused-ring (bicyclic) bond motifs is 2. The summed E-state index contributed by atoms with van der Waals surface area (Å²) in [6, 6.07) is 10.5. The summed E-state index contributed by atoms with van der Waals surface area (Å²) in [6.07, 6.45) is 5.19. The summed E-state index contributed by atoms with van der Waals surface area (Å²) in [7, 11) is 0. The van der Waals surface area contributed by atoms with E-state index in [1.54, 1.807) is 24.3 Å². The topological polar surface area (TPSA) is 146 Å². The molecule has 10 nitrogen and oxygen atoms in total. The van der Waals surface area contributed by atoms with E-state index in [4.69, 9.17) is 9.47 Å². The molecular weight excluding hydrogens is 512 g/mol. The van der Waals surface area contributed by atoms with Crippen LogP contribution in [0.2, 0.25) is 0 Å². The van der Waals surface area contributed by atoms with Crippen molar-refractivity contribution in [3.05, 3.63) is 59.9 Å². The van der Waals surface area contributed by atoms with Crippen molar-refractivity contribution in [1.29, 1.82) is 0 Å². The maximum Gasteiger partial charge on any atom is 0.407 e. The molecule has 0 aliphatic carbocycles. The molecule has 0 aliphatic rings. The lowest BCUT2D eigenvalue weighted by atomic mass is 10.1. The second kappa shape index (κ2) is 12.6. The van der Waals surface area contributed by atoms with E-state index in [9.17, 15) is 19.5 Å². The first kappa shape index (κ1) is 28.5. The van der Waals surface area contributed by atoms with Crippen LogP contribution in [0.25, 0.3) is 21.8 Å².